The van der Waals surface area contributed by atoms with Gasteiger partial charge in [-0.1, -0.05) is 42.0 Å². The molecule has 0 radical (unpaired) electrons. The molecular weight excluding hydrogens is 246 g/mol. The van der Waals surface area contributed by atoms with Crippen LogP contribution in [0.5, 0.6) is 5.75 Å². The molecule has 1 N–H and O–H groups in total. The summed E-state index contributed by atoms with van der Waals surface area (Å²) in [6.07, 6.45) is 0. The van der Waals surface area contributed by atoms with Gasteiger partial charge in [0.15, 0.2) is 0 Å². The van der Waals surface area contributed by atoms with E-state index in [4.69, 9.17) is 4.74 Å². The maximum atomic E-state index is 6.04. The maximum absolute atomic E-state index is 6.04. The molecule has 0 aromatic heterocycles. The average molecular weight is 269 g/mol. The molecule has 0 aliphatic heterocycles. The van der Waals surface area contributed by atoms with Gasteiger partial charge in [-0.2, -0.15) is 0 Å². The molecule has 0 fully saturated rings. The summed E-state index contributed by atoms with van der Waals surface area (Å²) in [5.74, 6) is 0.966. The summed E-state index contributed by atoms with van der Waals surface area (Å²) in [5, 5.41) is 3.27. The van der Waals surface area contributed by atoms with Gasteiger partial charge in [0, 0.05) is 11.6 Å². The number of hydrogen-bond donors (Lipinski definition) is 1. The van der Waals surface area contributed by atoms with Crippen LogP contribution in [-0.2, 0) is 6.61 Å². The Hall–Kier alpha value is -1.80. The van der Waals surface area contributed by atoms with Crippen molar-refractivity contribution in [2.45, 2.75) is 33.4 Å². The molecule has 20 heavy (non-hydrogen) atoms. The van der Waals surface area contributed by atoms with Crippen LogP contribution in [0, 0.1) is 13.8 Å². The standard InChI is InChI=1S/C18H23NO/c1-13-6-5-7-16(10-13)12-20-18-11-14(2)8-9-17(18)15(3)19-4/h5-11,15,19H,12H2,1-4H3. The lowest BCUT2D eigenvalue weighted by Crippen LogP contribution is -2.14. The molecule has 2 heteroatoms. The Morgan fingerprint density at radius 1 is 1.05 bits per heavy atom. The third-order valence-electron chi connectivity index (χ3n) is 3.55. The minimum atomic E-state index is 0.281. The van der Waals surface area contributed by atoms with Crippen LogP contribution < -0.4 is 10.1 Å². The molecule has 0 amide bonds. The van der Waals surface area contributed by atoms with Gasteiger partial charge in [0.1, 0.15) is 12.4 Å². The Bertz CT molecular complexity index is 577. The summed E-state index contributed by atoms with van der Waals surface area (Å²) in [5.41, 5.74) is 4.88. The first-order valence-electron chi connectivity index (χ1n) is 7.06. The highest BCUT2D eigenvalue weighted by Crippen LogP contribution is 2.27. The molecule has 0 aliphatic carbocycles. The number of hydrogen-bond acceptors (Lipinski definition) is 2. The van der Waals surface area contributed by atoms with Crippen molar-refractivity contribution in [1.29, 1.82) is 0 Å². The molecule has 106 valence electrons. The zero-order chi connectivity index (χ0) is 14.5. The minimum Gasteiger partial charge on any atom is -0.489 e. The van der Waals surface area contributed by atoms with Gasteiger partial charge in [0.05, 0.1) is 0 Å². The molecule has 0 aliphatic rings. The fraction of sp³-hybridized carbons (Fsp3) is 0.333. The third kappa shape index (κ3) is 3.61. The van der Waals surface area contributed by atoms with E-state index >= 15 is 0 Å². The highest BCUT2D eigenvalue weighted by Gasteiger charge is 2.10. The van der Waals surface area contributed by atoms with Crippen molar-refractivity contribution in [3.05, 3.63) is 64.7 Å². The van der Waals surface area contributed by atoms with E-state index in [0.29, 0.717) is 6.61 Å². The Labute approximate surface area is 121 Å². The van der Waals surface area contributed by atoms with Gasteiger partial charge in [-0.3, -0.25) is 0 Å². The van der Waals surface area contributed by atoms with E-state index < -0.39 is 0 Å². The molecule has 0 heterocycles. The minimum absolute atomic E-state index is 0.281. The second-order valence-electron chi connectivity index (χ2n) is 5.33. The lowest BCUT2D eigenvalue weighted by Gasteiger charge is -2.17. The fourth-order valence-corrected chi connectivity index (χ4v) is 2.24. The first kappa shape index (κ1) is 14.6. The molecule has 1 atom stereocenters. The Morgan fingerprint density at radius 2 is 1.80 bits per heavy atom. The van der Waals surface area contributed by atoms with E-state index in [-0.39, 0.29) is 6.04 Å². The second kappa shape index (κ2) is 6.58. The van der Waals surface area contributed by atoms with Crippen molar-refractivity contribution < 1.29 is 4.74 Å². The number of nitrogens with one attached hydrogen (secondary N) is 1. The summed E-state index contributed by atoms with van der Waals surface area (Å²) in [4.78, 5) is 0. The van der Waals surface area contributed by atoms with Crippen LogP contribution in [0.1, 0.15) is 35.2 Å². The van der Waals surface area contributed by atoms with Gasteiger partial charge >= 0.3 is 0 Å². The van der Waals surface area contributed by atoms with Crippen LogP contribution in [0.3, 0.4) is 0 Å². The monoisotopic (exact) mass is 269 g/mol. The Kier molecular flexibility index (Phi) is 4.80. The summed E-state index contributed by atoms with van der Waals surface area (Å²) in [6, 6.07) is 15.1. The Morgan fingerprint density at radius 3 is 2.50 bits per heavy atom. The topological polar surface area (TPSA) is 21.3 Å². The Balaban J connectivity index is 2.18. The number of aryl methyl sites for hydroxylation is 2. The van der Waals surface area contributed by atoms with Crippen molar-refractivity contribution >= 4 is 0 Å². The van der Waals surface area contributed by atoms with Crippen LogP contribution in [-0.4, -0.2) is 7.05 Å². The first-order valence-corrected chi connectivity index (χ1v) is 7.06. The van der Waals surface area contributed by atoms with E-state index in [9.17, 15) is 0 Å². The molecule has 0 spiro atoms. The summed E-state index contributed by atoms with van der Waals surface area (Å²) in [6.45, 7) is 6.94. The fourth-order valence-electron chi connectivity index (χ4n) is 2.24. The normalized spacial score (nSPS) is 12.2. The maximum Gasteiger partial charge on any atom is 0.124 e. The molecule has 0 bridgehead atoms. The average Bonchev–Trinajstić information content (AvgIpc) is 2.44. The quantitative estimate of drug-likeness (QED) is 0.880. The highest BCUT2D eigenvalue weighted by molar-refractivity contribution is 5.39. The number of rotatable bonds is 5. The van der Waals surface area contributed by atoms with Crippen LogP contribution in [0.15, 0.2) is 42.5 Å². The number of ether oxygens (including phenoxy) is 1. The van der Waals surface area contributed by atoms with Crippen molar-refractivity contribution in [2.24, 2.45) is 0 Å². The van der Waals surface area contributed by atoms with Gasteiger partial charge < -0.3 is 10.1 Å². The van der Waals surface area contributed by atoms with Crippen molar-refractivity contribution in [2.75, 3.05) is 7.05 Å². The molecule has 2 rings (SSSR count). The summed E-state index contributed by atoms with van der Waals surface area (Å²) < 4.78 is 6.04. The van der Waals surface area contributed by atoms with Gasteiger partial charge in [-0.05, 0) is 45.0 Å². The van der Waals surface area contributed by atoms with Crippen molar-refractivity contribution in [3.63, 3.8) is 0 Å². The summed E-state index contributed by atoms with van der Waals surface area (Å²) >= 11 is 0. The first-order chi connectivity index (χ1) is 9.60. The van der Waals surface area contributed by atoms with E-state index in [1.165, 1.54) is 22.3 Å². The van der Waals surface area contributed by atoms with Crippen molar-refractivity contribution in [1.82, 2.24) is 5.32 Å². The zero-order valence-electron chi connectivity index (χ0n) is 12.7. The molecule has 2 aromatic carbocycles. The van der Waals surface area contributed by atoms with E-state index in [1.54, 1.807) is 0 Å². The van der Waals surface area contributed by atoms with Gasteiger partial charge in [-0.15, -0.1) is 0 Å². The van der Waals surface area contributed by atoms with Gasteiger partial charge in [0.25, 0.3) is 0 Å². The van der Waals surface area contributed by atoms with E-state index in [1.807, 2.05) is 7.05 Å². The molecule has 2 aromatic rings. The molecule has 0 saturated carbocycles. The van der Waals surface area contributed by atoms with Crippen molar-refractivity contribution in [3.8, 4) is 5.75 Å². The third-order valence-corrected chi connectivity index (χ3v) is 3.55. The van der Waals surface area contributed by atoms with Crippen LogP contribution in [0.25, 0.3) is 0 Å². The zero-order valence-corrected chi connectivity index (χ0v) is 12.7. The smallest absolute Gasteiger partial charge is 0.124 e. The van der Waals surface area contributed by atoms with Crippen LogP contribution >= 0.6 is 0 Å². The molecule has 2 nitrogen and oxygen atoms in total. The molecule has 1 unspecified atom stereocenters. The molecule has 0 saturated heterocycles. The summed E-state index contributed by atoms with van der Waals surface area (Å²) in [7, 11) is 1.97. The van der Waals surface area contributed by atoms with Gasteiger partial charge in [-0.25, -0.2) is 0 Å². The van der Waals surface area contributed by atoms with Crippen LogP contribution in [0.2, 0.25) is 0 Å². The lowest BCUT2D eigenvalue weighted by atomic mass is 10.1. The van der Waals surface area contributed by atoms with E-state index in [2.05, 4.69) is 68.6 Å². The van der Waals surface area contributed by atoms with Crippen LogP contribution in [0.4, 0.5) is 0 Å². The SMILES string of the molecule is CNC(C)c1ccc(C)cc1OCc1cccc(C)c1. The predicted molar refractivity (Wildman–Crippen MR) is 84.2 cm³/mol. The number of benzene rings is 2. The highest BCUT2D eigenvalue weighted by atomic mass is 16.5. The predicted octanol–water partition coefficient (Wildman–Crippen LogP) is 4.16. The van der Waals surface area contributed by atoms with Gasteiger partial charge in [0.2, 0.25) is 0 Å². The second-order valence-corrected chi connectivity index (χ2v) is 5.33. The molecular formula is C18H23NO. The van der Waals surface area contributed by atoms with E-state index in [0.717, 1.165) is 5.75 Å². The largest absolute Gasteiger partial charge is 0.489 e. The lowest BCUT2D eigenvalue weighted by molar-refractivity contribution is 0.300.